The molecule has 3 aromatic rings. The van der Waals surface area contributed by atoms with Crippen molar-refractivity contribution in [2.75, 3.05) is 11.9 Å². The lowest BCUT2D eigenvalue weighted by molar-refractivity contribution is 0.765. The van der Waals surface area contributed by atoms with Crippen LogP contribution in [0, 0.1) is 0 Å². The van der Waals surface area contributed by atoms with Crippen LogP contribution in [-0.2, 0) is 6.54 Å². The average Bonchev–Trinajstić information content (AvgIpc) is 2.52. The van der Waals surface area contributed by atoms with E-state index in [2.05, 4.69) is 15.3 Å². The number of hydrogen-bond acceptors (Lipinski definition) is 4. The van der Waals surface area contributed by atoms with Gasteiger partial charge in [-0.15, -0.1) is 0 Å². The highest BCUT2D eigenvalue weighted by Gasteiger charge is 2.05. The molecule has 0 radical (unpaired) electrons. The maximum Gasteiger partial charge on any atom is 0.251 e. The first-order valence-corrected chi connectivity index (χ1v) is 6.91. The number of anilines is 1. The Morgan fingerprint density at radius 1 is 1.10 bits per heavy atom. The third-order valence-corrected chi connectivity index (χ3v) is 3.28. The maximum absolute atomic E-state index is 12.1. The first kappa shape index (κ1) is 13.3. The van der Waals surface area contributed by atoms with E-state index in [1.807, 2.05) is 37.3 Å². The lowest BCUT2D eigenvalue weighted by Gasteiger charge is -2.09. The molecule has 1 N–H and O–H groups in total. The van der Waals surface area contributed by atoms with Crippen LogP contribution in [0.5, 0.6) is 0 Å². The van der Waals surface area contributed by atoms with Crippen molar-refractivity contribution in [2.24, 2.45) is 0 Å². The number of aromatic nitrogens is 3. The molecule has 0 aliphatic carbocycles. The highest BCUT2D eigenvalue weighted by atomic mass is 16.1. The van der Waals surface area contributed by atoms with Crippen LogP contribution in [0.2, 0.25) is 0 Å². The van der Waals surface area contributed by atoms with E-state index >= 15 is 0 Å². The van der Waals surface area contributed by atoms with E-state index in [1.54, 1.807) is 23.0 Å². The number of rotatable bonds is 4. The van der Waals surface area contributed by atoms with Gasteiger partial charge in [0.15, 0.2) is 0 Å². The van der Waals surface area contributed by atoms with E-state index < -0.39 is 0 Å². The van der Waals surface area contributed by atoms with Gasteiger partial charge in [0.25, 0.3) is 5.56 Å². The third kappa shape index (κ3) is 2.76. The van der Waals surface area contributed by atoms with Gasteiger partial charge in [-0.25, -0.2) is 4.98 Å². The lowest BCUT2D eigenvalue weighted by atomic mass is 10.2. The molecule has 0 amide bonds. The van der Waals surface area contributed by atoms with Gasteiger partial charge in [-0.1, -0.05) is 18.2 Å². The van der Waals surface area contributed by atoms with Crippen molar-refractivity contribution >= 4 is 16.7 Å². The topological polar surface area (TPSA) is 59.8 Å². The zero-order chi connectivity index (χ0) is 14.7. The van der Waals surface area contributed by atoms with Crippen molar-refractivity contribution in [3.05, 3.63) is 64.8 Å². The summed E-state index contributed by atoms with van der Waals surface area (Å²) in [5.74, 6) is 0.742. The summed E-state index contributed by atoms with van der Waals surface area (Å²) in [6.45, 7) is 3.22. The van der Waals surface area contributed by atoms with Gasteiger partial charge < -0.3 is 9.88 Å². The Bertz CT molecular complexity index is 808. The van der Waals surface area contributed by atoms with Crippen molar-refractivity contribution in [3.8, 4) is 0 Å². The van der Waals surface area contributed by atoms with Crippen LogP contribution < -0.4 is 10.9 Å². The van der Waals surface area contributed by atoms with Crippen LogP contribution in [0.3, 0.4) is 0 Å². The van der Waals surface area contributed by atoms with Crippen LogP contribution >= 0.6 is 0 Å². The first-order chi connectivity index (χ1) is 10.3. The molecule has 0 aliphatic heterocycles. The van der Waals surface area contributed by atoms with Crippen LogP contribution in [0.15, 0.2) is 53.6 Å². The summed E-state index contributed by atoms with van der Waals surface area (Å²) >= 11 is 0. The Balaban J connectivity index is 1.97. The number of hydrogen-bond donors (Lipinski definition) is 1. The normalized spacial score (nSPS) is 10.7. The Morgan fingerprint density at radius 2 is 1.95 bits per heavy atom. The second-order valence-electron chi connectivity index (χ2n) is 4.74. The Labute approximate surface area is 122 Å². The summed E-state index contributed by atoms with van der Waals surface area (Å²) < 4.78 is 1.71. The van der Waals surface area contributed by atoms with Crippen molar-refractivity contribution < 1.29 is 0 Å². The molecule has 21 heavy (non-hydrogen) atoms. The molecule has 0 saturated carbocycles. The summed E-state index contributed by atoms with van der Waals surface area (Å²) in [6.07, 6.45) is 3.39. The van der Waals surface area contributed by atoms with E-state index in [0.29, 0.717) is 6.54 Å². The Hall–Kier alpha value is -2.69. The molecule has 0 saturated heterocycles. The van der Waals surface area contributed by atoms with Crippen LogP contribution in [-0.4, -0.2) is 21.1 Å². The minimum absolute atomic E-state index is 0.0359. The predicted octanol–water partition coefficient (Wildman–Crippen LogP) is 2.27. The lowest BCUT2D eigenvalue weighted by Crippen LogP contribution is -2.20. The van der Waals surface area contributed by atoms with Crippen molar-refractivity contribution in [3.63, 3.8) is 0 Å². The number of nitrogens with zero attached hydrogens (tertiary/aromatic N) is 3. The van der Waals surface area contributed by atoms with Crippen molar-refractivity contribution in [2.45, 2.75) is 13.5 Å². The SMILES string of the molecule is CCNc1cnc(Cn2c(=O)ccc3ccccc32)cn1. The minimum Gasteiger partial charge on any atom is -0.369 e. The number of pyridine rings is 1. The van der Waals surface area contributed by atoms with Crippen LogP contribution in [0.25, 0.3) is 10.9 Å². The first-order valence-electron chi connectivity index (χ1n) is 6.91. The zero-order valence-corrected chi connectivity index (χ0v) is 11.8. The van der Waals surface area contributed by atoms with Crippen molar-refractivity contribution in [1.82, 2.24) is 14.5 Å². The molecule has 5 nitrogen and oxygen atoms in total. The smallest absolute Gasteiger partial charge is 0.251 e. The van der Waals surface area contributed by atoms with Crippen molar-refractivity contribution in [1.29, 1.82) is 0 Å². The van der Waals surface area contributed by atoms with Gasteiger partial charge >= 0.3 is 0 Å². The Kier molecular flexibility index (Phi) is 3.64. The minimum atomic E-state index is -0.0359. The summed E-state index contributed by atoms with van der Waals surface area (Å²) in [5, 5.41) is 4.13. The number of para-hydroxylation sites is 1. The third-order valence-electron chi connectivity index (χ3n) is 3.28. The zero-order valence-electron chi connectivity index (χ0n) is 11.8. The van der Waals surface area contributed by atoms with Gasteiger partial charge in [0.2, 0.25) is 0 Å². The molecule has 0 atom stereocenters. The largest absolute Gasteiger partial charge is 0.369 e. The van der Waals surface area contributed by atoms with E-state index in [0.717, 1.165) is 29.0 Å². The average molecular weight is 280 g/mol. The number of fused-ring (bicyclic) bond motifs is 1. The van der Waals surface area contributed by atoms with Crippen LogP contribution in [0.4, 0.5) is 5.82 Å². The molecule has 2 aromatic heterocycles. The van der Waals surface area contributed by atoms with Gasteiger partial charge in [0.05, 0.1) is 30.1 Å². The fourth-order valence-corrected chi connectivity index (χ4v) is 2.28. The molecule has 0 spiro atoms. The van der Waals surface area contributed by atoms with Gasteiger partial charge in [-0.3, -0.25) is 9.78 Å². The molecular weight excluding hydrogens is 264 g/mol. The van der Waals surface area contributed by atoms with E-state index in [-0.39, 0.29) is 5.56 Å². The molecule has 106 valence electrons. The molecule has 3 rings (SSSR count). The highest BCUT2D eigenvalue weighted by molar-refractivity contribution is 5.78. The number of benzene rings is 1. The molecule has 0 fully saturated rings. The molecular formula is C16H16N4O. The van der Waals surface area contributed by atoms with Crippen LogP contribution in [0.1, 0.15) is 12.6 Å². The highest BCUT2D eigenvalue weighted by Crippen LogP contribution is 2.12. The monoisotopic (exact) mass is 280 g/mol. The molecule has 1 aromatic carbocycles. The van der Waals surface area contributed by atoms with Gasteiger partial charge in [-0.05, 0) is 24.4 Å². The van der Waals surface area contributed by atoms with Gasteiger partial charge in [0, 0.05) is 12.6 Å². The van der Waals surface area contributed by atoms with E-state index in [9.17, 15) is 4.79 Å². The summed E-state index contributed by atoms with van der Waals surface area (Å²) in [4.78, 5) is 20.8. The second kappa shape index (κ2) is 5.75. The standard InChI is InChI=1S/C16H16N4O/c1-2-17-15-10-18-13(9-19-15)11-20-14-6-4-3-5-12(14)7-8-16(20)21/h3-10H,2,11H2,1H3,(H,17,19). The number of nitrogens with one attached hydrogen (secondary N) is 1. The molecule has 0 bridgehead atoms. The molecule has 0 aliphatic rings. The summed E-state index contributed by atoms with van der Waals surface area (Å²) in [7, 11) is 0. The fraction of sp³-hybridized carbons (Fsp3) is 0.188. The fourth-order valence-electron chi connectivity index (χ4n) is 2.28. The second-order valence-corrected chi connectivity index (χ2v) is 4.74. The Morgan fingerprint density at radius 3 is 2.71 bits per heavy atom. The summed E-state index contributed by atoms with van der Waals surface area (Å²) in [5.41, 5.74) is 1.63. The molecule has 0 unspecified atom stereocenters. The quantitative estimate of drug-likeness (QED) is 0.796. The summed E-state index contributed by atoms with van der Waals surface area (Å²) in [6, 6.07) is 11.2. The van der Waals surface area contributed by atoms with Gasteiger partial charge in [0.1, 0.15) is 5.82 Å². The molecule has 2 heterocycles. The predicted molar refractivity (Wildman–Crippen MR) is 83.5 cm³/mol. The van der Waals surface area contributed by atoms with E-state index in [1.165, 1.54) is 0 Å². The van der Waals surface area contributed by atoms with Gasteiger partial charge in [-0.2, -0.15) is 0 Å². The molecule has 5 heteroatoms. The maximum atomic E-state index is 12.1. The van der Waals surface area contributed by atoms with E-state index in [4.69, 9.17) is 0 Å².